The van der Waals surface area contributed by atoms with Crippen LogP contribution in [0.25, 0.3) is 64.3 Å². The Morgan fingerprint density at radius 1 is 0.333 bits per heavy atom. The summed E-state index contributed by atoms with van der Waals surface area (Å²) in [5.74, 6) is 0. The summed E-state index contributed by atoms with van der Waals surface area (Å²) in [6, 6.07) is 68.2. The number of hydrogen-bond donors (Lipinski definition) is 0. The molecule has 226 valence electrons. The Hall–Kier alpha value is -5.96. The molecular weight excluding hydrogens is 599 g/mol. The standard InChI is InChI=1S/C46H31NS/c1-2-12-34(13-3-1)41-17-6-8-19-44(41)47(40-16-10-15-36(30-40)37-22-21-32-11-4-5-14-35(32)29-37)39-26-23-33(24-27-39)38-25-28-46-43(31-38)42-18-7-9-20-45(42)48-46/h1-31H. The van der Waals surface area contributed by atoms with Gasteiger partial charge in [-0.2, -0.15) is 0 Å². The lowest BCUT2D eigenvalue weighted by atomic mass is 9.98. The fourth-order valence-electron chi connectivity index (χ4n) is 6.86. The number of para-hydroxylation sites is 1. The van der Waals surface area contributed by atoms with Crippen LogP contribution in [0.15, 0.2) is 188 Å². The number of anilines is 3. The topological polar surface area (TPSA) is 3.24 Å². The third-order valence-corrected chi connectivity index (χ3v) is 10.4. The van der Waals surface area contributed by atoms with Gasteiger partial charge in [0.2, 0.25) is 0 Å². The number of thiophene rings is 1. The number of fused-ring (bicyclic) bond motifs is 4. The van der Waals surface area contributed by atoms with E-state index >= 15 is 0 Å². The molecule has 0 bridgehead atoms. The molecule has 0 aliphatic heterocycles. The summed E-state index contributed by atoms with van der Waals surface area (Å²) in [6.45, 7) is 0. The number of benzene rings is 8. The molecule has 2 heteroatoms. The number of rotatable bonds is 6. The zero-order valence-electron chi connectivity index (χ0n) is 26.3. The Bertz CT molecular complexity index is 2560. The third kappa shape index (κ3) is 5.13. The molecule has 0 N–H and O–H groups in total. The van der Waals surface area contributed by atoms with E-state index in [0.717, 1.165) is 17.1 Å². The molecule has 0 amide bonds. The Kier molecular flexibility index (Phi) is 7.07. The lowest BCUT2D eigenvalue weighted by Gasteiger charge is -2.28. The maximum atomic E-state index is 2.40. The summed E-state index contributed by atoms with van der Waals surface area (Å²) in [7, 11) is 0. The highest BCUT2D eigenvalue weighted by molar-refractivity contribution is 7.25. The Labute approximate surface area is 284 Å². The summed E-state index contributed by atoms with van der Waals surface area (Å²) >= 11 is 1.86. The maximum Gasteiger partial charge on any atom is 0.0540 e. The molecule has 1 aromatic heterocycles. The van der Waals surface area contributed by atoms with Gasteiger partial charge in [-0.15, -0.1) is 11.3 Å². The monoisotopic (exact) mass is 629 g/mol. The minimum absolute atomic E-state index is 1.11. The zero-order valence-corrected chi connectivity index (χ0v) is 27.1. The summed E-state index contributed by atoms with van der Waals surface area (Å²) < 4.78 is 2.66. The molecule has 0 radical (unpaired) electrons. The zero-order chi connectivity index (χ0) is 31.9. The molecule has 0 saturated carbocycles. The summed E-state index contributed by atoms with van der Waals surface area (Å²) in [5, 5.41) is 5.14. The van der Waals surface area contributed by atoms with Gasteiger partial charge in [0.25, 0.3) is 0 Å². The van der Waals surface area contributed by atoms with Gasteiger partial charge in [-0.05, 0) is 93.2 Å². The van der Waals surface area contributed by atoms with E-state index in [9.17, 15) is 0 Å². The third-order valence-electron chi connectivity index (χ3n) is 9.25. The predicted molar refractivity (Wildman–Crippen MR) is 208 cm³/mol. The van der Waals surface area contributed by atoms with Gasteiger partial charge in [-0.3, -0.25) is 0 Å². The van der Waals surface area contributed by atoms with Crippen LogP contribution in [0.3, 0.4) is 0 Å². The second kappa shape index (κ2) is 12.0. The summed E-state index contributed by atoms with van der Waals surface area (Å²) in [4.78, 5) is 2.40. The van der Waals surface area contributed by atoms with Gasteiger partial charge in [0, 0.05) is 37.1 Å². The second-order valence-electron chi connectivity index (χ2n) is 12.2. The predicted octanol–water partition coefficient (Wildman–Crippen LogP) is 13.7. The quantitative estimate of drug-likeness (QED) is 0.177. The minimum atomic E-state index is 1.11. The first-order valence-electron chi connectivity index (χ1n) is 16.3. The van der Waals surface area contributed by atoms with Gasteiger partial charge in [0.05, 0.1) is 5.69 Å². The highest BCUT2D eigenvalue weighted by Gasteiger charge is 2.18. The van der Waals surface area contributed by atoms with E-state index in [0.29, 0.717) is 0 Å². The number of hydrogen-bond acceptors (Lipinski definition) is 2. The van der Waals surface area contributed by atoms with Crippen LogP contribution >= 0.6 is 11.3 Å². The van der Waals surface area contributed by atoms with Gasteiger partial charge in [-0.25, -0.2) is 0 Å². The van der Waals surface area contributed by atoms with Crippen LogP contribution in [0, 0.1) is 0 Å². The van der Waals surface area contributed by atoms with Crippen LogP contribution < -0.4 is 4.90 Å². The van der Waals surface area contributed by atoms with E-state index < -0.39 is 0 Å². The van der Waals surface area contributed by atoms with Crippen molar-refractivity contribution in [2.75, 3.05) is 4.90 Å². The lowest BCUT2D eigenvalue weighted by molar-refractivity contribution is 1.28. The van der Waals surface area contributed by atoms with Crippen molar-refractivity contribution in [1.29, 1.82) is 0 Å². The van der Waals surface area contributed by atoms with E-state index in [4.69, 9.17) is 0 Å². The van der Waals surface area contributed by atoms with Crippen molar-refractivity contribution in [1.82, 2.24) is 0 Å². The van der Waals surface area contributed by atoms with Crippen LogP contribution in [0.2, 0.25) is 0 Å². The second-order valence-corrected chi connectivity index (χ2v) is 13.3. The van der Waals surface area contributed by atoms with Crippen LogP contribution in [0.5, 0.6) is 0 Å². The van der Waals surface area contributed by atoms with Crippen molar-refractivity contribution in [3.63, 3.8) is 0 Å². The molecule has 1 nitrogen and oxygen atoms in total. The largest absolute Gasteiger partial charge is 0.310 e. The van der Waals surface area contributed by atoms with Crippen molar-refractivity contribution in [2.45, 2.75) is 0 Å². The first-order chi connectivity index (χ1) is 23.8. The molecule has 9 aromatic rings. The summed E-state index contributed by atoms with van der Waals surface area (Å²) in [5.41, 5.74) is 10.6. The first kappa shape index (κ1) is 28.3. The molecule has 0 aliphatic carbocycles. The highest BCUT2D eigenvalue weighted by atomic mass is 32.1. The van der Waals surface area contributed by atoms with E-state index in [1.165, 1.54) is 64.3 Å². The normalized spacial score (nSPS) is 11.3. The molecule has 9 rings (SSSR count). The van der Waals surface area contributed by atoms with Crippen molar-refractivity contribution in [2.24, 2.45) is 0 Å². The fraction of sp³-hybridized carbons (Fsp3) is 0. The van der Waals surface area contributed by atoms with E-state index in [1.807, 2.05) is 11.3 Å². The average Bonchev–Trinajstić information content (AvgIpc) is 3.54. The van der Waals surface area contributed by atoms with Gasteiger partial charge >= 0.3 is 0 Å². The van der Waals surface area contributed by atoms with E-state index in [1.54, 1.807) is 0 Å². The highest BCUT2D eigenvalue weighted by Crippen LogP contribution is 2.43. The van der Waals surface area contributed by atoms with Crippen LogP contribution in [-0.2, 0) is 0 Å². The van der Waals surface area contributed by atoms with Crippen LogP contribution in [0.1, 0.15) is 0 Å². The van der Waals surface area contributed by atoms with Crippen LogP contribution in [0.4, 0.5) is 17.1 Å². The van der Waals surface area contributed by atoms with Crippen LogP contribution in [-0.4, -0.2) is 0 Å². The molecule has 0 fully saturated rings. The molecule has 0 unspecified atom stereocenters. The van der Waals surface area contributed by atoms with Gasteiger partial charge in [-0.1, -0.05) is 133 Å². The minimum Gasteiger partial charge on any atom is -0.310 e. The summed E-state index contributed by atoms with van der Waals surface area (Å²) in [6.07, 6.45) is 0. The lowest BCUT2D eigenvalue weighted by Crippen LogP contribution is -2.11. The van der Waals surface area contributed by atoms with Gasteiger partial charge in [0.15, 0.2) is 0 Å². The Morgan fingerprint density at radius 2 is 0.979 bits per heavy atom. The molecule has 8 aromatic carbocycles. The van der Waals surface area contributed by atoms with Gasteiger partial charge in [0.1, 0.15) is 0 Å². The first-order valence-corrected chi connectivity index (χ1v) is 17.2. The molecular formula is C46H31NS. The van der Waals surface area contributed by atoms with Crippen molar-refractivity contribution < 1.29 is 0 Å². The molecule has 0 aliphatic rings. The fourth-order valence-corrected chi connectivity index (χ4v) is 7.95. The Balaban J connectivity index is 1.17. The molecule has 0 spiro atoms. The molecule has 48 heavy (non-hydrogen) atoms. The van der Waals surface area contributed by atoms with Gasteiger partial charge < -0.3 is 4.90 Å². The SMILES string of the molecule is c1ccc(-c2ccccc2N(c2ccc(-c3ccc4sc5ccccc5c4c3)cc2)c2cccc(-c3ccc4ccccc4c3)c2)cc1. The molecule has 0 saturated heterocycles. The van der Waals surface area contributed by atoms with Crippen molar-refractivity contribution in [3.8, 4) is 33.4 Å². The average molecular weight is 630 g/mol. The smallest absolute Gasteiger partial charge is 0.0540 e. The van der Waals surface area contributed by atoms with E-state index in [-0.39, 0.29) is 0 Å². The Morgan fingerprint density at radius 3 is 1.88 bits per heavy atom. The number of nitrogens with zero attached hydrogens (tertiary/aromatic N) is 1. The molecule has 1 heterocycles. The molecule has 0 atom stereocenters. The van der Waals surface area contributed by atoms with Crippen molar-refractivity contribution in [3.05, 3.63) is 188 Å². The van der Waals surface area contributed by atoms with Crippen molar-refractivity contribution >= 4 is 59.3 Å². The maximum absolute atomic E-state index is 2.40. The van der Waals surface area contributed by atoms with E-state index in [2.05, 4.69) is 193 Å².